The maximum Gasteiger partial charge on any atom is 0.416 e. The fraction of sp³-hybridized carbons (Fsp3) is 0.350. The minimum atomic E-state index is -4.42. The van der Waals surface area contributed by atoms with Crippen molar-refractivity contribution in [2.45, 2.75) is 32.5 Å². The Morgan fingerprint density at radius 1 is 1.12 bits per heavy atom. The number of alkyl halides is 3. The van der Waals surface area contributed by atoms with Crippen molar-refractivity contribution < 1.29 is 22.7 Å². The number of carbonyl (C=O) groups excluding carboxylic acids is 1. The van der Waals surface area contributed by atoms with E-state index in [1.807, 2.05) is 38.1 Å². The standard InChI is InChI=1S/C20H22F3NO2/c1-13(2)19(15-7-9-17(26-3)10-8-15)24-18(25)12-14-5-4-6-16(11-14)20(21,22)23/h4-11,13,19H,12H2,1-3H3,(H,24,25)/t19-/m1/s1. The van der Waals surface area contributed by atoms with E-state index in [2.05, 4.69) is 5.32 Å². The third-order valence-corrected chi connectivity index (χ3v) is 4.08. The molecule has 0 radical (unpaired) electrons. The van der Waals surface area contributed by atoms with E-state index in [0.29, 0.717) is 11.3 Å². The zero-order valence-corrected chi connectivity index (χ0v) is 14.9. The molecule has 1 N–H and O–H groups in total. The predicted octanol–water partition coefficient (Wildman–Crippen LogP) is 4.77. The van der Waals surface area contributed by atoms with E-state index >= 15 is 0 Å². The Labute approximate surface area is 151 Å². The van der Waals surface area contributed by atoms with Gasteiger partial charge < -0.3 is 10.1 Å². The first-order chi connectivity index (χ1) is 12.2. The van der Waals surface area contributed by atoms with Crippen molar-refractivity contribution in [1.29, 1.82) is 0 Å². The molecule has 3 nitrogen and oxygen atoms in total. The molecule has 0 aliphatic heterocycles. The summed E-state index contributed by atoms with van der Waals surface area (Å²) in [5.74, 6) is 0.513. The topological polar surface area (TPSA) is 38.3 Å². The second-order valence-corrected chi connectivity index (χ2v) is 6.44. The average molecular weight is 365 g/mol. The van der Waals surface area contributed by atoms with E-state index in [-0.39, 0.29) is 24.3 Å². The maximum absolute atomic E-state index is 12.8. The van der Waals surface area contributed by atoms with E-state index < -0.39 is 11.7 Å². The molecule has 0 aromatic heterocycles. The summed E-state index contributed by atoms with van der Waals surface area (Å²) in [6.07, 6.45) is -4.53. The summed E-state index contributed by atoms with van der Waals surface area (Å²) in [5, 5.41) is 2.92. The van der Waals surface area contributed by atoms with Gasteiger partial charge in [0.25, 0.3) is 0 Å². The number of halogens is 3. The molecule has 2 rings (SSSR count). The number of nitrogens with one attached hydrogen (secondary N) is 1. The number of amides is 1. The van der Waals surface area contributed by atoms with Gasteiger partial charge in [-0.1, -0.05) is 44.2 Å². The normalized spacial score (nSPS) is 12.7. The molecule has 1 atom stereocenters. The van der Waals surface area contributed by atoms with Gasteiger partial charge in [0.2, 0.25) is 5.91 Å². The van der Waals surface area contributed by atoms with E-state index in [1.165, 1.54) is 12.1 Å². The van der Waals surface area contributed by atoms with Crippen molar-refractivity contribution in [3.8, 4) is 5.75 Å². The van der Waals surface area contributed by atoms with Gasteiger partial charge in [0, 0.05) is 0 Å². The molecule has 140 valence electrons. The second kappa shape index (κ2) is 8.25. The lowest BCUT2D eigenvalue weighted by molar-refractivity contribution is -0.137. The molecule has 0 heterocycles. The molecule has 1 amide bonds. The van der Waals surface area contributed by atoms with Crippen LogP contribution in [0.1, 0.15) is 36.6 Å². The van der Waals surface area contributed by atoms with E-state index in [0.717, 1.165) is 17.7 Å². The quantitative estimate of drug-likeness (QED) is 0.801. The molecule has 0 saturated heterocycles. The molecule has 0 aliphatic carbocycles. The first kappa shape index (κ1) is 19.8. The summed E-state index contributed by atoms with van der Waals surface area (Å²) < 4.78 is 43.5. The van der Waals surface area contributed by atoms with Crippen LogP contribution >= 0.6 is 0 Å². The number of carbonyl (C=O) groups is 1. The highest BCUT2D eigenvalue weighted by atomic mass is 19.4. The highest BCUT2D eigenvalue weighted by Crippen LogP contribution is 2.30. The number of hydrogen-bond acceptors (Lipinski definition) is 2. The minimum Gasteiger partial charge on any atom is -0.497 e. The number of rotatable bonds is 6. The van der Waals surface area contributed by atoms with Crippen molar-refractivity contribution in [3.63, 3.8) is 0 Å². The molecule has 0 bridgehead atoms. The van der Waals surface area contributed by atoms with Crippen molar-refractivity contribution >= 4 is 5.91 Å². The number of ether oxygens (including phenoxy) is 1. The van der Waals surface area contributed by atoms with Crippen LogP contribution in [0.25, 0.3) is 0 Å². The first-order valence-corrected chi connectivity index (χ1v) is 8.30. The largest absolute Gasteiger partial charge is 0.497 e. The summed E-state index contributed by atoms with van der Waals surface area (Å²) in [5.41, 5.74) is 0.492. The van der Waals surface area contributed by atoms with Crippen LogP contribution in [0, 0.1) is 5.92 Å². The molecule has 2 aromatic carbocycles. The number of hydrogen-bond donors (Lipinski definition) is 1. The molecule has 6 heteroatoms. The van der Waals surface area contributed by atoms with Gasteiger partial charge in [-0.05, 0) is 35.2 Å². The second-order valence-electron chi connectivity index (χ2n) is 6.44. The number of benzene rings is 2. The van der Waals surface area contributed by atoms with Gasteiger partial charge in [-0.25, -0.2) is 0 Å². The maximum atomic E-state index is 12.8. The molecule has 0 spiro atoms. The fourth-order valence-corrected chi connectivity index (χ4v) is 2.71. The SMILES string of the molecule is COc1ccc([C@H](NC(=O)Cc2cccc(C(F)(F)F)c2)C(C)C)cc1. The van der Waals surface area contributed by atoms with Crippen LogP contribution in [0.3, 0.4) is 0 Å². The third-order valence-electron chi connectivity index (χ3n) is 4.08. The Bertz CT molecular complexity index is 739. The smallest absolute Gasteiger partial charge is 0.416 e. The van der Waals surface area contributed by atoms with Crippen LogP contribution in [-0.2, 0) is 17.4 Å². The Kier molecular flexibility index (Phi) is 6.29. The zero-order chi connectivity index (χ0) is 19.3. The highest BCUT2D eigenvalue weighted by Gasteiger charge is 2.30. The number of methoxy groups -OCH3 is 1. The van der Waals surface area contributed by atoms with Gasteiger partial charge >= 0.3 is 6.18 Å². The molecule has 2 aromatic rings. The summed E-state index contributed by atoms with van der Waals surface area (Å²) in [6.45, 7) is 3.94. The Hall–Kier alpha value is -2.50. The van der Waals surface area contributed by atoms with Crippen LogP contribution in [0.5, 0.6) is 5.75 Å². The molecular weight excluding hydrogens is 343 g/mol. The summed E-state index contributed by atoms with van der Waals surface area (Å²) in [4.78, 5) is 12.4. The summed E-state index contributed by atoms with van der Waals surface area (Å²) >= 11 is 0. The fourth-order valence-electron chi connectivity index (χ4n) is 2.71. The van der Waals surface area contributed by atoms with Crippen LogP contribution in [0.4, 0.5) is 13.2 Å². The van der Waals surface area contributed by atoms with Crippen LogP contribution in [0.2, 0.25) is 0 Å². The van der Waals surface area contributed by atoms with Gasteiger partial charge in [-0.15, -0.1) is 0 Å². The molecule has 0 saturated carbocycles. The minimum absolute atomic E-state index is 0.108. The highest BCUT2D eigenvalue weighted by molar-refractivity contribution is 5.79. The zero-order valence-electron chi connectivity index (χ0n) is 14.9. The van der Waals surface area contributed by atoms with Crippen LogP contribution in [-0.4, -0.2) is 13.0 Å². The van der Waals surface area contributed by atoms with Gasteiger partial charge in [0.15, 0.2) is 0 Å². The lowest BCUT2D eigenvalue weighted by atomic mass is 9.95. The van der Waals surface area contributed by atoms with Crippen LogP contribution < -0.4 is 10.1 Å². The Morgan fingerprint density at radius 2 is 1.77 bits per heavy atom. The van der Waals surface area contributed by atoms with Crippen molar-refractivity contribution in [1.82, 2.24) is 5.32 Å². The van der Waals surface area contributed by atoms with Crippen molar-refractivity contribution in [3.05, 3.63) is 65.2 Å². The van der Waals surface area contributed by atoms with E-state index in [4.69, 9.17) is 4.74 Å². The summed E-state index contributed by atoms with van der Waals surface area (Å²) in [6, 6.07) is 12.0. The summed E-state index contributed by atoms with van der Waals surface area (Å²) in [7, 11) is 1.58. The van der Waals surface area contributed by atoms with Crippen molar-refractivity contribution in [2.24, 2.45) is 5.92 Å². The Morgan fingerprint density at radius 3 is 2.31 bits per heavy atom. The first-order valence-electron chi connectivity index (χ1n) is 8.30. The Balaban J connectivity index is 2.10. The molecular formula is C20H22F3NO2. The molecule has 0 aliphatic rings. The lowest BCUT2D eigenvalue weighted by Crippen LogP contribution is -2.32. The van der Waals surface area contributed by atoms with E-state index in [9.17, 15) is 18.0 Å². The average Bonchev–Trinajstić information content (AvgIpc) is 2.59. The van der Waals surface area contributed by atoms with Gasteiger partial charge in [0.05, 0.1) is 25.1 Å². The lowest BCUT2D eigenvalue weighted by Gasteiger charge is -2.23. The third kappa shape index (κ3) is 5.25. The predicted molar refractivity (Wildman–Crippen MR) is 93.9 cm³/mol. The van der Waals surface area contributed by atoms with Gasteiger partial charge in [-0.3, -0.25) is 4.79 Å². The molecule has 0 fully saturated rings. The molecule has 0 unspecified atom stereocenters. The van der Waals surface area contributed by atoms with Gasteiger partial charge in [-0.2, -0.15) is 13.2 Å². The van der Waals surface area contributed by atoms with Crippen LogP contribution in [0.15, 0.2) is 48.5 Å². The van der Waals surface area contributed by atoms with Crippen molar-refractivity contribution in [2.75, 3.05) is 7.11 Å². The van der Waals surface area contributed by atoms with Gasteiger partial charge in [0.1, 0.15) is 5.75 Å². The molecule has 26 heavy (non-hydrogen) atoms. The van der Waals surface area contributed by atoms with E-state index in [1.54, 1.807) is 7.11 Å². The monoisotopic (exact) mass is 365 g/mol.